The van der Waals surface area contributed by atoms with Gasteiger partial charge in [0.2, 0.25) is 5.90 Å². The second-order valence-electron chi connectivity index (χ2n) is 3.30. The molecule has 0 atom stereocenters. The highest BCUT2D eigenvalue weighted by molar-refractivity contribution is 9.08. The summed E-state index contributed by atoms with van der Waals surface area (Å²) in [5.41, 5.74) is 2.41. The van der Waals surface area contributed by atoms with E-state index in [-0.39, 0.29) is 0 Å². The third-order valence-corrected chi connectivity index (χ3v) is 2.74. The molecule has 0 unspecified atom stereocenters. The summed E-state index contributed by atoms with van der Waals surface area (Å²) in [6.07, 6.45) is 3.77. The van der Waals surface area contributed by atoms with Gasteiger partial charge in [-0.1, -0.05) is 46.3 Å². The highest BCUT2D eigenvalue weighted by atomic mass is 79.9. The largest absolute Gasteiger partial charge is 0.473 e. The number of allylic oxidation sites excluding steroid dienone is 1. The van der Waals surface area contributed by atoms with Crippen LogP contribution in [0.1, 0.15) is 18.1 Å². The van der Waals surface area contributed by atoms with Crippen molar-refractivity contribution in [3.8, 4) is 0 Å². The lowest BCUT2D eigenvalue weighted by molar-refractivity contribution is 0.294. The third-order valence-electron chi connectivity index (χ3n) is 2.09. The molecule has 0 saturated carbocycles. The van der Waals surface area contributed by atoms with Gasteiger partial charge in [0.15, 0.2) is 0 Å². The van der Waals surface area contributed by atoms with Crippen molar-refractivity contribution in [2.75, 3.05) is 7.05 Å². The number of hydrogen-bond acceptors (Lipinski definition) is 2. The molecule has 0 aliphatic rings. The molecule has 1 aromatic rings. The van der Waals surface area contributed by atoms with Crippen LogP contribution in [0.5, 0.6) is 0 Å². The van der Waals surface area contributed by atoms with E-state index < -0.39 is 0 Å². The minimum absolute atomic E-state index is 0.555. The van der Waals surface area contributed by atoms with Gasteiger partial charge in [-0.2, -0.15) is 0 Å². The summed E-state index contributed by atoms with van der Waals surface area (Å²) in [5, 5.41) is 0.883. The number of hydrogen-bond donors (Lipinski definition) is 0. The predicted molar refractivity (Wildman–Crippen MR) is 72.0 cm³/mol. The van der Waals surface area contributed by atoms with E-state index in [9.17, 15) is 0 Å². The van der Waals surface area contributed by atoms with Gasteiger partial charge in [-0.15, -0.1) is 0 Å². The van der Waals surface area contributed by atoms with E-state index in [2.05, 4.69) is 45.2 Å². The van der Waals surface area contributed by atoms with Crippen LogP contribution in [0.4, 0.5) is 0 Å². The highest BCUT2D eigenvalue weighted by Gasteiger charge is 1.97. The number of nitrogens with zero attached hydrogens (tertiary/aromatic N) is 1. The molecule has 0 fully saturated rings. The lowest BCUT2D eigenvalue weighted by Crippen LogP contribution is -2.01. The molecule has 0 radical (unpaired) electrons. The topological polar surface area (TPSA) is 21.6 Å². The van der Waals surface area contributed by atoms with Crippen LogP contribution in [0.15, 0.2) is 41.4 Å². The maximum atomic E-state index is 5.54. The minimum atomic E-state index is 0.555. The zero-order valence-corrected chi connectivity index (χ0v) is 11.2. The Bertz CT molecular complexity index is 368. The molecule has 0 bridgehead atoms. The van der Waals surface area contributed by atoms with E-state index >= 15 is 0 Å². The molecule has 86 valence electrons. The molecule has 0 aliphatic heterocycles. The number of benzene rings is 1. The van der Waals surface area contributed by atoms with Crippen LogP contribution in [0.3, 0.4) is 0 Å². The van der Waals surface area contributed by atoms with E-state index in [4.69, 9.17) is 4.74 Å². The summed E-state index contributed by atoms with van der Waals surface area (Å²) in [5.74, 6) is 0.659. The van der Waals surface area contributed by atoms with Crippen LogP contribution in [0.25, 0.3) is 0 Å². The van der Waals surface area contributed by atoms with E-state index in [0.717, 1.165) is 10.9 Å². The summed E-state index contributed by atoms with van der Waals surface area (Å²) >= 11 is 3.42. The summed E-state index contributed by atoms with van der Waals surface area (Å²) in [7, 11) is 1.73. The van der Waals surface area contributed by atoms with Crippen LogP contribution < -0.4 is 0 Å². The Morgan fingerprint density at radius 2 is 1.94 bits per heavy atom. The second-order valence-corrected chi connectivity index (χ2v) is 3.86. The van der Waals surface area contributed by atoms with Gasteiger partial charge < -0.3 is 4.74 Å². The van der Waals surface area contributed by atoms with E-state index in [1.54, 1.807) is 7.05 Å². The average Bonchev–Trinajstić information content (AvgIpc) is 2.35. The van der Waals surface area contributed by atoms with Gasteiger partial charge in [0.05, 0.1) is 0 Å². The van der Waals surface area contributed by atoms with Gasteiger partial charge in [0.25, 0.3) is 0 Å². The Labute approximate surface area is 105 Å². The summed E-state index contributed by atoms with van der Waals surface area (Å²) in [4.78, 5) is 4.03. The molecule has 0 amide bonds. The monoisotopic (exact) mass is 281 g/mol. The Morgan fingerprint density at radius 3 is 2.44 bits per heavy atom. The van der Waals surface area contributed by atoms with Crippen molar-refractivity contribution >= 4 is 21.8 Å². The predicted octanol–water partition coefficient (Wildman–Crippen LogP) is 3.70. The highest BCUT2D eigenvalue weighted by Crippen LogP contribution is 2.09. The number of halogens is 1. The maximum absolute atomic E-state index is 5.54. The Kier molecular flexibility index (Phi) is 5.86. The number of rotatable bonds is 4. The smallest absolute Gasteiger partial charge is 0.208 e. The van der Waals surface area contributed by atoms with Gasteiger partial charge in [0, 0.05) is 12.4 Å². The van der Waals surface area contributed by atoms with Crippen molar-refractivity contribution in [3.05, 3.63) is 47.5 Å². The number of alkyl halides is 1. The van der Waals surface area contributed by atoms with Crippen molar-refractivity contribution in [1.29, 1.82) is 0 Å². The Morgan fingerprint density at radius 1 is 1.31 bits per heavy atom. The molecule has 0 saturated heterocycles. The minimum Gasteiger partial charge on any atom is -0.473 e. The molecule has 16 heavy (non-hydrogen) atoms. The quantitative estimate of drug-likeness (QED) is 0.469. The van der Waals surface area contributed by atoms with Crippen LogP contribution in [-0.2, 0) is 16.7 Å². The van der Waals surface area contributed by atoms with E-state index in [1.807, 2.05) is 19.1 Å². The number of aliphatic imine (C=N–C) groups is 1. The summed E-state index contributed by atoms with van der Waals surface area (Å²) in [6, 6.07) is 8.32. The van der Waals surface area contributed by atoms with Crippen molar-refractivity contribution in [2.45, 2.75) is 18.9 Å². The van der Waals surface area contributed by atoms with Crippen molar-refractivity contribution < 1.29 is 4.74 Å². The van der Waals surface area contributed by atoms with E-state index in [0.29, 0.717) is 12.5 Å². The van der Waals surface area contributed by atoms with Crippen molar-refractivity contribution in [3.63, 3.8) is 0 Å². The fourth-order valence-electron chi connectivity index (χ4n) is 1.21. The van der Waals surface area contributed by atoms with Gasteiger partial charge >= 0.3 is 0 Å². The fourth-order valence-corrected chi connectivity index (χ4v) is 1.59. The first-order valence-electron chi connectivity index (χ1n) is 5.16. The molecule has 3 heteroatoms. The van der Waals surface area contributed by atoms with Crippen molar-refractivity contribution in [2.24, 2.45) is 4.99 Å². The SMILES string of the molecule is C/C=C\C(=NC)OCc1ccc(CBr)cc1. The van der Waals surface area contributed by atoms with Crippen LogP contribution in [0, 0.1) is 0 Å². The lowest BCUT2D eigenvalue weighted by Gasteiger charge is -2.05. The molecule has 0 N–H and O–H groups in total. The van der Waals surface area contributed by atoms with Gasteiger partial charge in [-0.25, -0.2) is 0 Å². The molecule has 2 nitrogen and oxygen atoms in total. The molecule has 1 rings (SSSR count). The second kappa shape index (κ2) is 7.23. The molecule has 0 aliphatic carbocycles. The van der Waals surface area contributed by atoms with E-state index in [1.165, 1.54) is 5.56 Å². The van der Waals surface area contributed by atoms with Crippen LogP contribution in [-0.4, -0.2) is 12.9 Å². The molecule has 0 aromatic heterocycles. The standard InChI is InChI=1S/C13H16BrNO/c1-3-4-13(15-2)16-10-12-7-5-11(9-14)6-8-12/h3-8H,9-10H2,1-2H3/b4-3-,15-13?. The normalized spacial score (nSPS) is 12.1. The fraction of sp³-hybridized carbons (Fsp3) is 0.308. The first-order valence-corrected chi connectivity index (χ1v) is 6.28. The van der Waals surface area contributed by atoms with Crippen LogP contribution >= 0.6 is 15.9 Å². The Balaban J connectivity index is 2.54. The first-order chi connectivity index (χ1) is 7.80. The number of ether oxygens (including phenoxy) is 1. The summed E-state index contributed by atoms with van der Waals surface area (Å²) in [6.45, 7) is 2.50. The van der Waals surface area contributed by atoms with Crippen molar-refractivity contribution in [1.82, 2.24) is 0 Å². The summed E-state index contributed by atoms with van der Waals surface area (Å²) < 4.78 is 5.54. The molecule has 0 heterocycles. The average molecular weight is 282 g/mol. The van der Waals surface area contributed by atoms with Gasteiger partial charge in [-0.3, -0.25) is 4.99 Å². The molecule has 1 aromatic carbocycles. The molecular formula is C13H16BrNO. The molecular weight excluding hydrogens is 266 g/mol. The van der Waals surface area contributed by atoms with Crippen LogP contribution in [0.2, 0.25) is 0 Å². The zero-order chi connectivity index (χ0) is 11.8. The first kappa shape index (κ1) is 13.0. The maximum Gasteiger partial charge on any atom is 0.208 e. The van der Waals surface area contributed by atoms with Gasteiger partial charge in [-0.05, 0) is 24.1 Å². The zero-order valence-electron chi connectivity index (χ0n) is 9.61. The molecule has 0 spiro atoms. The Hall–Kier alpha value is -1.09. The third kappa shape index (κ3) is 4.19. The lowest BCUT2D eigenvalue weighted by atomic mass is 10.2. The van der Waals surface area contributed by atoms with Gasteiger partial charge in [0.1, 0.15) is 6.61 Å².